The lowest BCUT2D eigenvalue weighted by Crippen LogP contribution is -2.37. The summed E-state index contributed by atoms with van der Waals surface area (Å²) in [5.74, 6) is 0.627. The highest BCUT2D eigenvalue weighted by molar-refractivity contribution is 4.80. The van der Waals surface area contributed by atoms with Gasteiger partial charge in [-0.25, -0.2) is 0 Å². The molecule has 0 aromatic heterocycles. The van der Waals surface area contributed by atoms with Crippen LogP contribution in [-0.4, -0.2) is 25.8 Å². The zero-order chi connectivity index (χ0) is 9.68. The van der Waals surface area contributed by atoms with Gasteiger partial charge in [0.15, 0.2) is 0 Å². The third-order valence-corrected chi connectivity index (χ3v) is 3.13. The third kappa shape index (κ3) is 3.25. The van der Waals surface area contributed by atoms with Crippen LogP contribution in [0.1, 0.15) is 32.1 Å². The summed E-state index contributed by atoms with van der Waals surface area (Å²) in [6.45, 7) is 0.611. The number of ether oxygens (including phenoxy) is 1. The van der Waals surface area contributed by atoms with Crippen molar-refractivity contribution in [1.29, 1.82) is 0 Å². The summed E-state index contributed by atoms with van der Waals surface area (Å²) in [4.78, 5) is 0. The Morgan fingerprint density at radius 2 is 2.08 bits per heavy atom. The summed E-state index contributed by atoms with van der Waals surface area (Å²) in [5.41, 5.74) is 11.6. The monoisotopic (exact) mass is 186 g/mol. The van der Waals surface area contributed by atoms with Gasteiger partial charge in [0.05, 0.1) is 6.10 Å². The molecule has 0 spiro atoms. The summed E-state index contributed by atoms with van der Waals surface area (Å²) >= 11 is 0. The molecule has 0 heterocycles. The zero-order valence-corrected chi connectivity index (χ0v) is 8.54. The fraction of sp³-hybridized carbons (Fsp3) is 1.00. The first-order valence-electron chi connectivity index (χ1n) is 5.26. The Morgan fingerprint density at radius 1 is 1.38 bits per heavy atom. The lowest BCUT2D eigenvalue weighted by Gasteiger charge is -2.30. The molecule has 3 heteroatoms. The molecule has 1 fully saturated rings. The highest BCUT2D eigenvalue weighted by Crippen LogP contribution is 2.26. The maximum atomic E-state index is 6.04. The Bertz CT molecular complexity index is 137. The average Bonchev–Trinajstić information content (AvgIpc) is 2.17. The molecule has 3 atom stereocenters. The molecule has 78 valence electrons. The smallest absolute Gasteiger partial charge is 0.0696 e. The van der Waals surface area contributed by atoms with E-state index in [1.807, 2.05) is 0 Å². The number of methoxy groups -OCH3 is 1. The summed E-state index contributed by atoms with van der Waals surface area (Å²) in [7, 11) is 1.73. The number of hydrogen-bond acceptors (Lipinski definition) is 3. The van der Waals surface area contributed by atoms with E-state index in [0.717, 1.165) is 6.42 Å². The van der Waals surface area contributed by atoms with Crippen molar-refractivity contribution in [3.8, 4) is 0 Å². The van der Waals surface area contributed by atoms with Crippen molar-refractivity contribution in [3.63, 3.8) is 0 Å². The third-order valence-electron chi connectivity index (χ3n) is 3.13. The van der Waals surface area contributed by atoms with E-state index in [4.69, 9.17) is 16.2 Å². The predicted octanol–water partition coefficient (Wildman–Crippen LogP) is 0.868. The van der Waals surface area contributed by atoms with Crippen LogP contribution in [0.25, 0.3) is 0 Å². The summed E-state index contributed by atoms with van der Waals surface area (Å²) < 4.78 is 5.27. The molecule has 0 saturated heterocycles. The van der Waals surface area contributed by atoms with Crippen LogP contribution in [0.4, 0.5) is 0 Å². The second-order valence-corrected chi connectivity index (χ2v) is 4.04. The van der Waals surface area contributed by atoms with Crippen LogP contribution in [-0.2, 0) is 4.74 Å². The normalized spacial score (nSPS) is 31.6. The molecular weight excluding hydrogens is 164 g/mol. The fourth-order valence-corrected chi connectivity index (χ4v) is 2.16. The lowest BCUT2D eigenvalue weighted by molar-refractivity contribution is 0.0757. The summed E-state index contributed by atoms with van der Waals surface area (Å²) in [6.07, 6.45) is 6.27. The van der Waals surface area contributed by atoms with Crippen LogP contribution in [0.5, 0.6) is 0 Å². The molecule has 1 saturated carbocycles. The van der Waals surface area contributed by atoms with E-state index < -0.39 is 0 Å². The van der Waals surface area contributed by atoms with Crippen LogP contribution in [0.3, 0.4) is 0 Å². The largest absolute Gasteiger partial charge is 0.380 e. The first kappa shape index (κ1) is 11.0. The van der Waals surface area contributed by atoms with Gasteiger partial charge in [-0.2, -0.15) is 0 Å². The molecular formula is C10H22N2O. The lowest BCUT2D eigenvalue weighted by atomic mass is 9.81. The number of rotatable bonds is 4. The standard InChI is InChI=1S/C10H22N2O/c1-13-9(7-11)6-8-4-2-3-5-10(8)12/h8-10H,2-7,11-12H2,1H3/t8-,9?,10-/m0/s1. The van der Waals surface area contributed by atoms with E-state index >= 15 is 0 Å². The number of hydrogen-bond donors (Lipinski definition) is 2. The summed E-state index contributed by atoms with van der Waals surface area (Å²) in [6, 6.07) is 0.373. The van der Waals surface area contributed by atoms with E-state index in [0.29, 0.717) is 18.5 Å². The maximum Gasteiger partial charge on any atom is 0.0696 e. The number of nitrogens with two attached hydrogens (primary N) is 2. The van der Waals surface area contributed by atoms with Crippen molar-refractivity contribution < 1.29 is 4.74 Å². The Morgan fingerprint density at radius 3 is 2.62 bits per heavy atom. The molecule has 0 aromatic rings. The molecule has 0 radical (unpaired) electrons. The Kier molecular flexibility index (Phi) is 4.70. The minimum absolute atomic E-state index is 0.203. The summed E-state index contributed by atoms with van der Waals surface area (Å²) in [5, 5.41) is 0. The maximum absolute atomic E-state index is 6.04. The van der Waals surface area contributed by atoms with Gasteiger partial charge >= 0.3 is 0 Å². The molecule has 1 rings (SSSR count). The van der Waals surface area contributed by atoms with Gasteiger partial charge in [-0.1, -0.05) is 12.8 Å². The first-order valence-corrected chi connectivity index (χ1v) is 5.26. The van der Waals surface area contributed by atoms with E-state index in [9.17, 15) is 0 Å². The van der Waals surface area contributed by atoms with Crippen molar-refractivity contribution in [2.45, 2.75) is 44.2 Å². The Balaban J connectivity index is 2.32. The van der Waals surface area contributed by atoms with Crippen LogP contribution in [0.2, 0.25) is 0 Å². The predicted molar refractivity (Wildman–Crippen MR) is 54.4 cm³/mol. The average molecular weight is 186 g/mol. The molecule has 0 aliphatic heterocycles. The van der Waals surface area contributed by atoms with Gasteiger partial charge in [0.2, 0.25) is 0 Å². The van der Waals surface area contributed by atoms with Crippen molar-refractivity contribution in [1.82, 2.24) is 0 Å². The fourth-order valence-electron chi connectivity index (χ4n) is 2.16. The van der Waals surface area contributed by atoms with Gasteiger partial charge in [-0.15, -0.1) is 0 Å². The molecule has 1 unspecified atom stereocenters. The minimum atomic E-state index is 0.203. The van der Waals surface area contributed by atoms with Crippen molar-refractivity contribution in [2.75, 3.05) is 13.7 Å². The van der Waals surface area contributed by atoms with Gasteiger partial charge in [-0.05, 0) is 25.2 Å². The topological polar surface area (TPSA) is 61.3 Å². The second kappa shape index (κ2) is 5.58. The van der Waals surface area contributed by atoms with E-state index in [1.54, 1.807) is 7.11 Å². The van der Waals surface area contributed by atoms with Gasteiger partial charge < -0.3 is 16.2 Å². The van der Waals surface area contributed by atoms with Gasteiger partial charge in [-0.3, -0.25) is 0 Å². The van der Waals surface area contributed by atoms with E-state index in [1.165, 1.54) is 25.7 Å². The zero-order valence-electron chi connectivity index (χ0n) is 8.54. The molecule has 0 amide bonds. The van der Waals surface area contributed by atoms with Crippen LogP contribution in [0.15, 0.2) is 0 Å². The highest BCUT2D eigenvalue weighted by atomic mass is 16.5. The Hall–Kier alpha value is -0.120. The van der Waals surface area contributed by atoms with Crippen molar-refractivity contribution >= 4 is 0 Å². The molecule has 1 aliphatic rings. The van der Waals surface area contributed by atoms with Gasteiger partial charge in [0.1, 0.15) is 0 Å². The van der Waals surface area contributed by atoms with Gasteiger partial charge in [0.25, 0.3) is 0 Å². The van der Waals surface area contributed by atoms with Gasteiger partial charge in [0, 0.05) is 19.7 Å². The molecule has 0 bridgehead atoms. The molecule has 3 nitrogen and oxygen atoms in total. The van der Waals surface area contributed by atoms with Crippen LogP contribution >= 0.6 is 0 Å². The van der Waals surface area contributed by atoms with Crippen LogP contribution < -0.4 is 11.5 Å². The van der Waals surface area contributed by atoms with Crippen LogP contribution in [0, 0.1) is 5.92 Å². The SMILES string of the molecule is COC(CN)C[C@@H]1CCCC[C@@H]1N. The van der Waals surface area contributed by atoms with Crippen molar-refractivity contribution in [3.05, 3.63) is 0 Å². The first-order chi connectivity index (χ1) is 6.27. The second-order valence-electron chi connectivity index (χ2n) is 4.04. The molecule has 1 aliphatic carbocycles. The van der Waals surface area contributed by atoms with E-state index in [-0.39, 0.29) is 6.10 Å². The highest BCUT2D eigenvalue weighted by Gasteiger charge is 2.24. The molecule has 0 aromatic carbocycles. The molecule has 4 N–H and O–H groups in total. The van der Waals surface area contributed by atoms with E-state index in [2.05, 4.69) is 0 Å². The quantitative estimate of drug-likeness (QED) is 0.685. The minimum Gasteiger partial charge on any atom is -0.380 e. The Labute approximate surface area is 80.8 Å². The van der Waals surface area contributed by atoms with Crippen molar-refractivity contribution in [2.24, 2.45) is 17.4 Å². The molecule has 13 heavy (non-hydrogen) atoms.